The van der Waals surface area contributed by atoms with Crippen LogP contribution in [0.25, 0.3) is 0 Å². The van der Waals surface area contributed by atoms with Crippen molar-refractivity contribution in [2.75, 3.05) is 0 Å². The predicted octanol–water partition coefficient (Wildman–Crippen LogP) is 5.39. The van der Waals surface area contributed by atoms with E-state index in [1.165, 1.54) is 25.7 Å². The molecule has 2 heteroatoms. The summed E-state index contributed by atoms with van der Waals surface area (Å²) >= 11 is 0. The molecule has 0 aromatic rings. The molecule has 2 aliphatic carbocycles. The molecule has 0 bridgehead atoms. The summed E-state index contributed by atoms with van der Waals surface area (Å²) in [6, 6.07) is 0. The molecule has 2 aliphatic rings. The highest BCUT2D eigenvalue weighted by Crippen LogP contribution is 2.49. The molecule has 0 saturated carbocycles. The molecule has 2 rings (SSSR count). The average Bonchev–Trinajstić information content (AvgIpc) is 2.30. The van der Waals surface area contributed by atoms with Gasteiger partial charge in [0.1, 0.15) is 7.85 Å². The topological polar surface area (TPSA) is 20.2 Å². The third kappa shape index (κ3) is 5.61. The molecule has 2 radical (unpaired) electrons. The summed E-state index contributed by atoms with van der Waals surface area (Å²) in [6.07, 6.45) is 13.1. The van der Waals surface area contributed by atoms with E-state index < -0.39 is 5.60 Å². The molecule has 0 fully saturated rings. The van der Waals surface area contributed by atoms with Gasteiger partial charge in [-0.1, -0.05) is 52.8 Å². The molecule has 0 aliphatic heterocycles. The Kier molecular flexibility index (Phi) is 5.82. The highest BCUT2D eigenvalue weighted by molar-refractivity contribution is 6.21. The Hall–Kier alpha value is -0.495. The van der Waals surface area contributed by atoms with E-state index in [9.17, 15) is 5.11 Å². The zero-order valence-corrected chi connectivity index (χ0v) is 15.8. The van der Waals surface area contributed by atoms with Gasteiger partial charge >= 0.3 is 0 Å². The Labute approximate surface area is 139 Å². The van der Waals surface area contributed by atoms with Crippen molar-refractivity contribution in [2.24, 2.45) is 16.2 Å². The van der Waals surface area contributed by atoms with Crippen molar-refractivity contribution in [3.05, 3.63) is 23.7 Å². The third-order valence-electron chi connectivity index (χ3n) is 5.53. The quantitative estimate of drug-likeness (QED) is 0.470. The first-order valence-electron chi connectivity index (χ1n) is 8.61. The highest BCUT2D eigenvalue weighted by atomic mass is 16.3. The monoisotopic (exact) mass is 302 g/mol. The summed E-state index contributed by atoms with van der Waals surface area (Å²) in [5.41, 5.74) is 1.45. The SMILES string of the molecule is CC(C)(C)C(C)(C)O.[B]C1=CCC2(CC=CC(C)(C)C2)CC1. The van der Waals surface area contributed by atoms with Gasteiger partial charge in [-0.2, -0.15) is 0 Å². The Balaban J connectivity index is 0.000000261. The van der Waals surface area contributed by atoms with E-state index in [1.807, 2.05) is 34.6 Å². The average molecular weight is 302 g/mol. The minimum atomic E-state index is -0.562. The number of allylic oxidation sites excluding steroid dienone is 4. The van der Waals surface area contributed by atoms with Gasteiger partial charge in [0.2, 0.25) is 0 Å². The molecule has 0 aromatic carbocycles. The van der Waals surface area contributed by atoms with Crippen LogP contribution in [0.4, 0.5) is 0 Å². The van der Waals surface area contributed by atoms with Crippen LogP contribution >= 0.6 is 0 Å². The lowest BCUT2D eigenvalue weighted by Gasteiger charge is -2.43. The van der Waals surface area contributed by atoms with Crippen molar-refractivity contribution < 1.29 is 5.11 Å². The molecule has 1 N–H and O–H groups in total. The predicted molar refractivity (Wildman–Crippen MR) is 98.0 cm³/mol. The molecule has 1 nitrogen and oxygen atoms in total. The van der Waals surface area contributed by atoms with Crippen LogP contribution in [-0.2, 0) is 0 Å². The lowest BCUT2D eigenvalue weighted by atomic mass is 9.60. The highest BCUT2D eigenvalue weighted by Gasteiger charge is 2.37. The third-order valence-corrected chi connectivity index (χ3v) is 5.53. The van der Waals surface area contributed by atoms with Crippen molar-refractivity contribution in [2.45, 2.75) is 86.2 Å². The van der Waals surface area contributed by atoms with Gasteiger partial charge in [0.05, 0.1) is 5.60 Å². The molecular formula is C20H35BO. The van der Waals surface area contributed by atoms with Gasteiger partial charge in [0.15, 0.2) is 0 Å². The van der Waals surface area contributed by atoms with Crippen LogP contribution in [0.15, 0.2) is 23.7 Å². The Morgan fingerprint density at radius 3 is 2.00 bits per heavy atom. The molecule has 1 spiro atoms. The van der Waals surface area contributed by atoms with Crippen molar-refractivity contribution >= 4 is 7.85 Å². The van der Waals surface area contributed by atoms with Crippen LogP contribution in [0.3, 0.4) is 0 Å². The van der Waals surface area contributed by atoms with E-state index in [1.54, 1.807) is 0 Å². The number of hydrogen-bond acceptors (Lipinski definition) is 1. The first-order chi connectivity index (χ1) is 9.77. The Morgan fingerprint density at radius 2 is 1.64 bits per heavy atom. The van der Waals surface area contributed by atoms with E-state index >= 15 is 0 Å². The van der Waals surface area contributed by atoms with E-state index in [2.05, 4.69) is 32.1 Å². The molecule has 0 amide bonds. The zero-order valence-electron chi connectivity index (χ0n) is 15.8. The van der Waals surface area contributed by atoms with Crippen LogP contribution in [0, 0.1) is 16.2 Å². The molecule has 0 heterocycles. The molecule has 22 heavy (non-hydrogen) atoms. The van der Waals surface area contributed by atoms with Crippen molar-refractivity contribution in [3.63, 3.8) is 0 Å². The van der Waals surface area contributed by atoms with Crippen LogP contribution in [-0.4, -0.2) is 18.6 Å². The second kappa shape index (κ2) is 6.55. The summed E-state index contributed by atoms with van der Waals surface area (Å²) in [7, 11) is 5.84. The summed E-state index contributed by atoms with van der Waals surface area (Å²) in [4.78, 5) is 0. The van der Waals surface area contributed by atoms with Crippen molar-refractivity contribution in [1.82, 2.24) is 0 Å². The molecule has 0 aromatic heterocycles. The van der Waals surface area contributed by atoms with Crippen LogP contribution in [0.1, 0.15) is 80.6 Å². The minimum absolute atomic E-state index is 0.00694. The van der Waals surface area contributed by atoms with E-state index in [0.29, 0.717) is 10.8 Å². The summed E-state index contributed by atoms with van der Waals surface area (Å²) < 4.78 is 0. The lowest BCUT2D eigenvalue weighted by Crippen LogP contribution is -2.35. The Morgan fingerprint density at radius 1 is 1.09 bits per heavy atom. The maximum Gasteiger partial charge on any atom is 0.107 e. The van der Waals surface area contributed by atoms with Crippen molar-refractivity contribution in [3.8, 4) is 0 Å². The van der Waals surface area contributed by atoms with Gasteiger partial charge in [-0.05, 0) is 62.2 Å². The van der Waals surface area contributed by atoms with Gasteiger partial charge in [-0.25, -0.2) is 0 Å². The smallest absolute Gasteiger partial charge is 0.107 e. The normalized spacial score (nSPS) is 27.9. The van der Waals surface area contributed by atoms with Crippen molar-refractivity contribution in [1.29, 1.82) is 0 Å². The molecule has 1 atom stereocenters. The standard InChI is InChI=1S/C13H19B.C7H16O/c1-12(2)6-3-7-13(10-12)8-4-11(14)5-9-13;1-6(2,3)7(4,5)8/h3-4,6H,5,7-10H2,1-2H3;8H,1-5H3. The van der Waals surface area contributed by atoms with Gasteiger partial charge in [0, 0.05) is 0 Å². The maximum absolute atomic E-state index is 9.35. The van der Waals surface area contributed by atoms with E-state index in [-0.39, 0.29) is 5.41 Å². The fraction of sp³-hybridized carbons (Fsp3) is 0.800. The maximum atomic E-state index is 9.35. The summed E-state index contributed by atoms with van der Waals surface area (Å²) in [5, 5.41) is 9.35. The largest absolute Gasteiger partial charge is 0.390 e. The number of aliphatic hydroxyl groups is 1. The molecule has 124 valence electrons. The van der Waals surface area contributed by atoms with Gasteiger partial charge in [-0.3, -0.25) is 0 Å². The number of rotatable bonds is 0. The van der Waals surface area contributed by atoms with E-state index in [4.69, 9.17) is 7.85 Å². The number of hydrogen-bond donors (Lipinski definition) is 1. The first kappa shape index (κ1) is 19.6. The van der Waals surface area contributed by atoms with Crippen LogP contribution < -0.4 is 0 Å². The second-order valence-corrected chi connectivity index (χ2v) is 9.56. The van der Waals surface area contributed by atoms with Crippen LogP contribution in [0.2, 0.25) is 0 Å². The second-order valence-electron chi connectivity index (χ2n) is 9.56. The fourth-order valence-electron chi connectivity index (χ4n) is 3.03. The fourth-order valence-corrected chi connectivity index (χ4v) is 3.03. The van der Waals surface area contributed by atoms with Crippen LogP contribution in [0.5, 0.6) is 0 Å². The van der Waals surface area contributed by atoms with Gasteiger partial charge in [-0.15, -0.1) is 5.47 Å². The first-order valence-corrected chi connectivity index (χ1v) is 8.61. The zero-order chi connectivity index (χ0) is 17.2. The molecular weight excluding hydrogens is 267 g/mol. The molecule has 1 unspecified atom stereocenters. The lowest BCUT2D eigenvalue weighted by molar-refractivity contribution is -0.0238. The summed E-state index contributed by atoms with van der Waals surface area (Å²) in [5.74, 6) is 0. The Bertz CT molecular complexity index is 420. The molecule has 0 saturated heterocycles. The minimum Gasteiger partial charge on any atom is -0.390 e. The van der Waals surface area contributed by atoms with E-state index in [0.717, 1.165) is 11.9 Å². The van der Waals surface area contributed by atoms with Gasteiger partial charge in [0.25, 0.3) is 0 Å². The van der Waals surface area contributed by atoms with Gasteiger partial charge < -0.3 is 5.11 Å². The summed E-state index contributed by atoms with van der Waals surface area (Å²) in [6.45, 7) is 14.4.